The normalized spacial score (nSPS) is 12.1. The predicted octanol–water partition coefficient (Wildman–Crippen LogP) is 4.33. The van der Waals surface area contributed by atoms with Gasteiger partial charge < -0.3 is 5.11 Å². The second-order valence-corrected chi connectivity index (χ2v) is 5.71. The van der Waals surface area contributed by atoms with Crippen LogP contribution in [0.1, 0.15) is 17.5 Å². The predicted molar refractivity (Wildman–Crippen MR) is 83.7 cm³/mol. The molecule has 0 saturated carbocycles. The fourth-order valence-electron chi connectivity index (χ4n) is 2.23. The summed E-state index contributed by atoms with van der Waals surface area (Å²) >= 11 is 3.48. The smallest absolute Gasteiger partial charge is 0.306 e. The molecule has 0 aliphatic heterocycles. The molecule has 0 bridgehead atoms. The van der Waals surface area contributed by atoms with Crippen molar-refractivity contribution >= 4 is 21.9 Å². The lowest BCUT2D eigenvalue weighted by Gasteiger charge is -2.13. The first-order chi connectivity index (χ1) is 9.66. The Morgan fingerprint density at radius 3 is 2.35 bits per heavy atom. The number of aryl methyl sites for hydroxylation is 1. The van der Waals surface area contributed by atoms with E-state index in [4.69, 9.17) is 0 Å². The summed E-state index contributed by atoms with van der Waals surface area (Å²) in [6.07, 6.45) is 2.01. The number of carbonyl (C=O) groups is 1. The number of carboxylic acids is 1. The maximum Gasteiger partial charge on any atom is 0.306 e. The minimum absolute atomic E-state index is 0.353. The van der Waals surface area contributed by atoms with E-state index in [1.54, 1.807) is 0 Å². The molecule has 0 amide bonds. The van der Waals surface area contributed by atoms with Gasteiger partial charge in [0, 0.05) is 4.47 Å². The molecule has 0 aromatic heterocycles. The summed E-state index contributed by atoms with van der Waals surface area (Å²) in [7, 11) is 0. The molecule has 3 heteroatoms. The maximum atomic E-state index is 11.4. The van der Waals surface area contributed by atoms with Crippen molar-refractivity contribution in [3.8, 4) is 0 Å². The summed E-state index contributed by atoms with van der Waals surface area (Å²) in [5.74, 6) is -1.08. The summed E-state index contributed by atoms with van der Waals surface area (Å²) in [4.78, 5) is 11.4. The van der Waals surface area contributed by atoms with Crippen LogP contribution in [-0.2, 0) is 17.6 Å². The van der Waals surface area contributed by atoms with E-state index in [0.717, 1.165) is 16.5 Å². The highest BCUT2D eigenvalue weighted by molar-refractivity contribution is 9.10. The Morgan fingerprint density at radius 2 is 1.70 bits per heavy atom. The third kappa shape index (κ3) is 4.20. The fourth-order valence-corrected chi connectivity index (χ4v) is 2.67. The van der Waals surface area contributed by atoms with Crippen LogP contribution < -0.4 is 0 Å². The van der Waals surface area contributed by atoms with E-state index in [-0.39, 0.29) is 5.92 Å². The molecular weight excluding hydrogens is 316 g/mol. The molecule has 2 rings (SSSR count). The topological polar surface area (TPSA) is 37.3 Å². The molecular formula is C17H17BrO2. The van der Waals surface area contributed by atoms with Crippen molar-refractivity contribution in [1.29, 1.82) is 0 Å². The van der Waals surface area contributed by atoms with Gasteiger partial charge in [-0.25, -0.2) is 0 Å². The first kappa shape index (κ1) is 14.8. The molecule has 0 saturated heterocycles. The number of rotatable bonds is 6. The quantitative estimate of drug-likeness (QED) is 0.855. The van der Waals surface area contributed by atoms with Crippen LogP contribution in [0.4, 0.5) is 0 Å². The van der Waals surface area contributed by atoms with Crippen molar-refractivity contribution in [2.24, 2.45) is 5.92 Å². The molecule has 2 nitrogen and oxygen atoms in total. The van der Waals surface area contributed by atoms with E-state index in [0.29, 0.717) is 12.8 Å². The summed E-state index contributed by atoms with van der Waals surface area (Å²) in [5.41, 5.74) is 2.24. The van der Waals surface area contributed by atoms with Gasteiger partial charge in [-0.15, -0.1) is 0 Å². The largest absolute Gasteiger partial charge is 0.481 e. The molecule has 0 heterocycles. The third-order valence-electron chi connectivity index (χ3n) is 3.40. The van der Waals surface area contributed by atoms with Crippen LogP contribution in [-0.4, -0.2) is 11.1 Å². The molecule has 0 aliphatic rings. The minimum Gasteiger partial charge on any atom is -0.481 e. The van der Waals surface area contributed by atoms with E-state index in [2.05, 4.69) is 15.9 Å². The third-order valence-corrected chi connectivity index (χ3v) is 4.17. The van der Waals surface area contributed by atoms with Gasteiger partial charge in [-0.05, 0) is 36.5 Å². The lowest BCUT2D eigenvalue weighted by Crippen LogP contribution is -2.17. The van der Waals surface area contributed by atoms with Crippen molar-refractivity contribution in [1.82, 2.24) is 0 Å². The zero-order valence-electron chi connectivity index (χ0n) is 11.1. The minimum atomic E-state index is -0.725. The van der Waals surface area contributed by atoms with Crippen molar-refractivity contribution in [2.75, 3.05) is 0 Å². The fraction of sp³-hybridized carbons (Fsp3) is 0.235. The standard InChI is InChI=1S/C17H17BrO2/c18-16-9-5-4-8-14(16)12-15(17(19)20)11-10-13-6-2-1-3-7-13/h1-9,15H,10-12H2,(H,19,20). The molecule has 1 unspecified atom stereocenters. The average Bonchev–Trinajstić information content (AvgIpc) is 2.46. The van der Waals surface area contributed by atoms with E-state index in [1.165, 1.54) is 5.56 Å². The van der Waals surface area contributed by atoms with Crippen molar-refractivity contribution in [3.05, 3.63) is 70.2 Å². The maximum absolute atomic E-state index is 11.4. The van der Waals surface area contributed by atoms with Gasteiger partial charge in [-0.3, -0.25) is 4.79 Å². The number of hydrogen-bond acceptors (Lipinski definition) is 1. The van der Waals surface area contributed by atoms with Crippen LogP contribution in [0, 0.1) is 5.92 Å². The van der Waals surface area contributed by atoms with Gasteiger partial charge in [-0.1, -0.05) is 64.5 Å². The van der Waals surface area contributed by atoms with Crippen LogP contribution in [0.2, 0.25) is 0 Å². The SMILES string of the molecule is O=C(O)C(CCc1ccccc1)Cc1ccccc1Br. The Hall–Kier alpha value is -1.61. The van der Waals surface area contributed by atoms with Gasteiger partial charge in [0.25, 0.3) is 0 Å². The number of benzene rings is 2. The number of aliphatic carboxylic acids is 1. The molecule has 2 aromatic carbocycles. The Balaban J connectivity index is 2.01. The van der Waals surface area contributed by atoms with Crippen LogP contribution in [0.3, 0.4) is 0 Å². The van der Waals surface area contributed by atoms with Crippen LogP contribution >= 0.6 is 15.9 Å². The second-order valence-electron chi connectivity index (χ2n) is 4.85. The second kappa shape index (κ2) is 7.25. The molecule has 20 heavy (non-hydrogen) atoms. The van der Waals surface area contributed by atoms with Gasteiger partial charge in [0.2, 0.25) is 0 Å². The van der Waals surface area contributed by atoms with Gasteiger partial charge in [0.05, 0.1) is 5.92 Å². The summed E-state index contributed by atoms with van der Waals surface area (Å²) in [6.45, 7) is 0. The molecule has 0 radical (unpaired) electrons. The Morgan fingerprint density at radius 1 is 1.05 bits per heavy atom. The monoisotopic (exact) mass is 332 g/mol. The molecule has 104 valence electrons. The zero-order valence-corrected chi connectivity index (χ0v) is 12.7. The van der Waals surface area contributed by atoms with Crippen molar-refractivity contribution in [3.63, 3.8) is 0 Å². The summed E-state index contributed by atoms with van der Waals surface area (Å²) in [5, 5.41) is 9.39. The lowest BCUT2D eigenvalue weighted by molar-refractivity contribution is -0.141. The highest BCUT2D eigenvalue weighted by Crippen LogP contribution is 2.22. The van der Waals surface area contributed by atoms with Crippen LogP contribution in [0.5, 0.6) is 0 Å². The molecule has 0 spiro atoms. The zero-order chi connectivity index (χ0) is 14.4. The van der Waals surface area contributed by atoms with Gasteiger partial charge in [-0.2, -0.15) is 0 Å². The number of halogens is 1. The van der Waals surface area contributed by atoms with E-state index in [9.17, 15) is 9.90 Å². The molecule has 2 aromatic rings. The summed E-state index contributed by atoms with van der Waals surface area (Å²) < 4.78 is 0.978. The number of hydrogen-bond donors (Lipinski definition) is 1. The first-order valence-corrected chi connectivity index (χ1v) is 7.46. The van der Waals surface area contributed by atoms with Gasteiger partial charge >= 0.3 is 5.97 Å². The first-order valence-electron chi connectivity index (χ1n) is 6.67. The van der Waals surface area contributed by atoms with Crippen LogP contribution in [0.25, 0.3) is 0 Å². The van der Waals surface area contributed by atoms with Gasteiger partial charge in [0.15, 0.2) is 0 Å². The Labute approximate surface area is 127 Å². The van der Waals surface area contributed by atoms with Crippen LogP contribution in [0.15, 0.2) is 59.1 Å². The summed E-state index contributed by atoms with van der Waals surface area (Å²) in [6, 6.07) is 17.8. The average molecular weight is 333 g/mol. The molecule has 0 aliphatic carbocycles. The van der Waals surface area contributed by atoms with E-state index < -0.39 is 5.97 Å². The lowest BCUT2D eigenvalue weighted by atomic mass is 9.93. The highest BCUT2D eigenvalue weighted by atomic mass is 79.9. The Kier molecular flexibility index (Phi) is 5.36. The molecule has 0 fully saturated rings. The molecule has 1 N–H and O–H groups in total. The van der Waals surface area contributed by atoms with Crippen molar-refractivity contribution < 1.29 is 9.90 Å². The van der Waals surface area contributed by atoms with Gasteiger partial charge in [0.1, 0.15) is 0 Å². The molecule has 1 atom stereocenters. The van der Waals surface area contributed by atoms with Crippen molar-refractivity contribution in [2.45, 2.75) is 19.3 Å². The van der Waals surface area contributed by atoms with E-state index >= 15 is 0 Å². The highest BCUT2D eigenvalue weighted by Gasteiger charge is 2.18. The Bertz CT molecular complexity index is 566. The number of carboxylic acid groups (broad SMARTS) is 1. The van der Waals surface area contributed by atoms with E-state index in [1.807, 2.05) is 54.6 Å².